The lowest BCUT2D eigenvalue weighted by Crippen LogP contribution is -2.40. The highest BCUT2D eigenvalue weighted by Gasteiger charge is 2.23. The Labute approximate surface area is 176 Å². The standard InChI is InChI=1S/C23H28N6O/c1-29(2)21-19-5-3-4-6-20(19)27-23(28-21)26-18-13-11-17(12-14-18)25-22(30)15-7-9-16(24)10-8-15/h3-10,17-18H,11-14,24H2,1-2H3,(H,25,30)(H,26,27,28). The van der Waals surface area contributed by atoms with Crippen molar-refractivity contribution in [3.8, 4) is 0 Å². The Kier molecular flexibility index (Phi) is 5.70. The van der Waals surface area contributed by atoms with Crippen LogP contribution < -0.4 is 21.3 Å². The van der Waals surface area contributed by atoms with Crippen molar-refractivity contribution in [3.63, 3.8) is 0 Å². The lowest BCUT2D eigenvalue weighted by atomic mass is 9.91. The summed E-state index contributed by atoms with van der Waals surface area (Å²) in [6.45, 7) is 0. The Bertz CT molecular complexity index is 1030. The average Bonchev–Trinajstić information content (AvgIpc) is 2.75. The van der Waals surface area contributed by atoms with Crippen LogP contribution in [0.2, 0.25) is 0 Å². The van der Waals surface area contributed by atoms with Crippen molar-refractivity contribution in [3.05, 3.63) is 54.1 Å². The molecule has 0 aliphatic heterocycles. The van der Waals surface area contributed by atoms with Crippen molar-refractivity contribution < 1.29 is 4.79 Å². The summed E-state index contributed by atoms with van der Waals surface area (Å²) in [6.07, 6.45) is 3.76. The fraction of sp³-hybridized carbons (Fsp3) is 0.348. The number of carbonyl (C=O) groups is 1. The summed E-state index contributed by atoms with van der Waals surface area (Å²) in [5.41, 5.74) is 7.93. The third-order valence-corrected chi connectivity index (χ3v) is 5.58. The second-order valence-corrected chi connectivity index (χ2v) is 8.07. The first-order valence-electron chi connectivity index (χ1n) is 10.4. The van der Waals surface area contributed by atoms with Crippen LogP contribution in [0, 0.1) is 0 Å². The summed E-state index contributed by atoms with van der Waals surface area (Å²) in [5.74, 6) is 1.53. The number of hydrogen-bond donors (Lipinski definition) is 3. The molecule has 7 heteroatoms. The minimum Gasteiger partial charge on any atom is -0.399 e. The summed E-state index contributed by atoms with van der Waals surface area (Å²) >= 11 is 0. The molecule has 3 aromatic rings. The molecule has 4 N–H and O–H groups in total. The Morgan fingerprint density at radius 2 is 1.63 bits per heavy atom. The number of benzene rings is 2. The van der Waals surface area contributed by atoms with Crippen molar-refractivity contribution in [1.82, 2.24) is 15.3 Å². The Morgan fingerprint density at radius 3 is 2.33 bits per heavy atom. The maximum Gasteiger partial charge on any atom is 0.251 e. The first-order chi connectivity index (χ1) is 14.5. The van der Waals surface area contributed by atoms with E-state index in [1.54, 1.807) is 24.3 Å². The highest BCUT2D eigenvalue weighted by molar-refractivity contribution is 5.94. The van der Waals surface area contributed by atoms with Gasteiger partial charge in [-0.05, 0) is 62.1 Å². The maximum atomic E-state index is 12.4. The Hall–Kier alpha value is -3.35. The summed E-state index contributed by atoms with van der Waals surface area (Å²) in [4.78, 5) is 23.9. The predicted octanol–water partition coefficient (Wildman–Crippen LogP) is 3.43. The fourth-order valence-electron chi connectivity index (χ4n) is 3.93. The number of nitrogens with zero attached hydrogens (tertiary/aromatic N) is 3. The van der Waals surface area contributed by atoms with Gasteiger partial charge in [-0.25, -0.2) is 4.98 Å². The third-order valence-electron chi connectivity index (χ3n) is 5.58. The molecule has 1 saturated carbocycles. The zero-order valence-electron chi connectivity index (χ0n) is 17.4. The average molecular weight is 405 g/mol. The molecule has 30 heavy (non-hydrogen) atoms. The number of nitrogen functional groups attached to an aromatic ring is 1. The molecule has 1 fully saturated rings. The molecule has 0 bridgehead atoms. The zero-order chi connectivity index (χ0) is 21.1. The van der Waals surface area contributed by atoms with Crippen LogP contribution >= 0.6 is 0 Å². The van der Waals surface area contributed by atoms with Gasteiger partial charge in [0.1, 0.15) is 5.82 Å². The van der Waals surface area contributed by atoms with Crippen molar-refractivity contribution >= 4 is 34.3 Å². The SMILES string of the molecule is CN(C)c1nc(NC2CCC(NC(=O)c3ccc(N)cc3)CC2)nc2ccccc12. The lowest BCUT2D eigenvalue weighted by Gasteiger charge is -2.30. The van der Waals surface area contributed by atoms with Crippen LogP contribution in [0.3, 0.4) is 0 Å². The van der Waals surface area contributed by atoms with Gasteiger partial charge in [0.25, 0.3) is 5.91 Å². The Morgan fingerprint density at radius 1 is 0.967 bits per heavy atom. The maximum absolute atomic E-state index is 12.4. The number of para-hydroxylation sites is 1. The molecule has 1 amide bonds. The van der Waals surface area contributed by atoms with Gasteiger partial charge in [-0.2, -0.15) is 4.98 Å². The van der Waals surface area contributed by atoms with Crippen LogP contribution in [0.25, 0.3) is 10.9 Å². The van der Waals surface area contributed by atoms with Gasteiger partial charge in [0.05, 0.1) is 5.52 Å². The van der Waals surface area contributed by atoms with Gasteiger partial charge < -0.3 is 21.3 Å². The molecule has 4 rings (SSSR count). The monoisotopic (exact) mass is 404 g/mol. The highest BCUT2D eigenvalue weighted by atomic mass is 16.1. The highest BCUT2D eigenvalue weighted by Crippen LogP contribution is 2.26. The summed E-state index contributed by atoms with van der Waals surface area (Å²) in [6, 6.07) is 15.6. The van der Waals surface area contributed by atoms with E-state index in [1.165, 1.54) is 0 Å². The van der Waals surface area contributed by atoms with Crippen LogP contribution in [-0.2, 0) is 0 Å². The number of carbonyl (C=O) groups excluding carboxylic acids is 1. The quantitative estimate of drug-likeness (QED) is 0.564. The second-order valence-electron chi connectivity index (χ2n) is 8.07. The topological polar surface area (TPSA) is 96.2 Å². The van der Waals surface area contributed by atoms with Crippen molar-refractivity contribution in [2.75, 3.05) is 30.0 Å². The van der Waals surface area contributed by atoms with Crippen LogP contribution in [0.15, 0.2) is 48.5 Å². The molecule has 156 valence electrons. The van der Waals surface area contributed by atoms with Crippen LogP contribution in [0.5, 0.6) is 0 Å². The predicted molar refractivity (Wildman–Crippen MR) is 122 cm³/mol. The number of aromatic nitrogens is 2. The zero-order valence-corrected chi connectivity index (χ0v) is 17.4. The summed E-state index contributed by atoms with van der Waals surface area (Å²) in [5, 5.41) is 7.69. The van der Waals surface area contributed by atoms with Gasteiger partial charge >= 0.3 is 0 Å². The van der Waals surface area contributed by atoms with E-state index >= 15 is 0 Å². The minimum atomic E-state index is -0.0418. The minimum absolute atomic E-state index is 0.0418. The van der Waals surface area contributed by atoms with E-state index in [1.807, 2.05) is 43.3 Å². The van der Waals surface area contributed by atoms with Crippen LogP contribution in [-0.4, -0.2) is 42.1 Å². The normalized spacial score (nSPS) is 18.7. The van der Waals surface area contributed by atoms with Crippen molar-refractivity contribution in [1.29, 1.82) is 0 Å². The lowest BCUT2D eigenvalue weighted by molar-refractivity contribution is 0.0926. The molecular formula is C23H28N6O. The van der Waals surface area contributed by atoms with Crippen molar-refractivity contribution in [2.24, 2.45) is 0 Å². The largest absolute Gasteiger partial charge is 0.399 e. The molecule has 1 heterocycles. The number of nitrogens with one attached hydrogen (secondary N) is 2. The number of amides is 1. The van der Waals surface area contributed by atoms with E-state index in [-0.39, 0.29) is 11.9 Å². The van der Waals surface area contributed by atoms with Gasteiger partial charge in [0.15, 0.2) is 0 Å². The third kappa shape index (κ3) is 4.45. The summed E-state index contributed by atoms with van der Waals surface area (Å²) < 4.78 is 0. The molecule has 1 aliphatic rings. The fourth-order valence-corrected chi connectivity index (χ4v) is 3.93. The summed E-state index contributed by atoms with van der Waals surface area (Å²) in [7, 11) is 3.99. The first kappa shape index (κ1) is 19.9. The van der Waals surface area contributed by atoms with E-state index in [9.17, 15) is 4.79 Å². The molecule has 0 atom stereocenters. The molecule has 2 aromatic carbocycles. The van der Waals surface area contributed by atoms with Crippen LogP contribution in [0.4, 0.5) is 17.5 Å². The van der Waals surface area contributed by atoms with E-state index in [2.05, 4.69) is 10.6 Å². The van der Waals surface area contributed by atoms with Gasteiger partial charge in [-0.15, -0.1) is 0 Å². The van der Waals surface area contributed by atoms with Gasteiger partial charge in [0.2, 0.25) is 5.95 Å². The molecule has 0 saturated heterocycles. The van der Waals surface area contributed by atoms with E-state index < -0.39 is 0 Å². The number of hydrogen-bond acceptors (Lipinski definition) is 6. The van der Waals surface area contributed by atoms with E-state index in [0.29, 0.717) is 23.2 Å². The molecule has 0 radical (unpaired) electrons. The number of fused-ring (bicyclic) bond motifs is 1. The van der Waals surface area contributed by atoms with Gasteiger partial charge in [0, 0.05) is 42.8 Å². The second kappa shape index (κ2) is 8.57. The number of anilines is 3. The van der Waals surface area contributed by atoms with E-state index in [0.717, 1.165) is 42.4 Å². The first-order valence-corrected chi connectivity index (χ1v) is 10.4. The molecule has 7 nitrogen and oxygen atoms in total. The molecule has 0 unspecified atom stereocenters. The number of nitrogens with two attached hydrogens (primary N) is 1. The van der Waals surface area contributed by atoms with Gasteiger partial charge in [-0.1, -0.05) is 12.1 Å². The molecule has 1 aromatic heterocycles. The van der Waals surface area contributed by atoms with Crippen molar-refractivity contribution in [2.45, 2.75) is 37.8 Å². The van der Waals surface area contributed by atoms with E-state index in [4.69, 9.17) is 15.7 Å². The van der Waals surface area contributed by atoms with Crippen LogP contribution in [0.1, 0.15) is 36.0 Å². The molecule has 0 spiro atoms. The number of rotatable bonds is 5. The van der Waals surface area contributed by atoms with Gasteiger partial charge in [-0.3, -0.25) is 4.79 Å². The smallest absolute Gasteiger partial charge is 0.251 e. The Balaban J connectivity index is 1.37. The molecule has 1 aliphatic carbocycles. The molecular weight excluding hydrogens is 376 g/mol.